The van der Waals surface area contributed by atoms with Crippen LogP contribution in [0.5, 0.6) is 0 Å². The van der Waals surface area contributed by atoms with Crippen molar-refractivity contribution in [3.05, 3.63) is 516 Å². The van der Waals surface area contributed by atoms with Crippen molar-refractivity contribution in [2.24, 2.45) is 0 Å². The fourth-order valence-corrected chi connectivity index (χ4v) is 20.6. The summed E-state index contributed by atoms with van der Waals surface area (Å²) in [6, 6.07) is 166. The largest absolute Gasteiger partial charge is 0.310 e. The van der Waals surface area contributed by atoms with Gasteiger partial charge in [-0.05, 0) is 217 Å². The smallest absolute Gasteiger partial charge is 0.0719 e. The number of benzene rings is 18. The number of hydrogen-bond donors (Lipinski definition) is 0. The normalized spacial score (nSPS) is 13.9. The van der Waals surface area contributed by atoms with Gasteiger partial charge in [0.15, 0.2) is 0 Å². The molecule has 0 saturated heterocycles. The number of hydrogen-bond acceptors (Lipinski definition) is 2. The van der Waals surface area contributed by atoms with E-state index < -0.39 is 10.8 Å². The second-order valence-electron chi connectivity index (χ2n) is 32.9. The monoisotopic (exact) mass is 1510 g/mol. The summed E-state index contributed by atoms with van der Waals surface area (Å²) in [6.07, 6.45) is 0. The molecule has 0 radical (unpaired) electrons. The Kier molecular flexibility index (Phi) is 17.4. The Morgan fingerprint density at radius 2 is 0.398 bits per heavy atom. The van der Waals surface area contributed by atoms with Crippen LogP contribution in [0.1, 0.15) is 94.5 Å². The van der Waals surface area contributed by atoms with Crippen LogP contribution < -0.4 is 9.80 Å². The van der Waals surface area contributed by atoms with E-state index in [0.717, 1.165) is 34.1 Å². The maximum Gasteiger partial charge on any atom is 0.0719 e. The highest BCUT2D eigenvalue weighted by molar-refractivity contribution is 6.00. The minimum absolute atomic E-state index is 0.127. The van der Waals surface area contributed by atoms with Gasteiger partial charge in [-0.25, -0.2) is 0 Å². The third-order valence-electron chi connectivity index (χ3n) is 25.9. The molecule has 0 saturated carbocycles. The Labute approximate surface area is 693 Å². The molecule has 22 rings (SSSR count). The van der Waals surface area contributed by atoms with Crippen molar-refractivity contribution in [2.45, 2.75) is 49.4 Å². The van der Waals surface area contributed by atoms with Gasteiger partial charge in [-0.3, -0.25) is 0 Å². The first-order valence-electron chi connectivity index (χ1n) is 41.4. The van der Waals surface area contributed by atoms with Gasteiger partial charge in [0.25, 0.3) is 0 Å². The van der Waals surface area contributed by atoms with Gasteiger partial charge in [-0.2, -0.15) is 0 Å². The quantitative estimate of drug-likeness (QED) is 0.120. The predicted octanol–water partition coefficient (Wildman–Crippen LogP) is 30.3. The minimum Gasteiger partial charge on any atom is -0.310 e. The predicted molar refractivity (Wildman–Crippen MR) is 494 cm³/mol. The summed E-state index contributed by atoms with van der Waals surface area (Å²) in [5, 5.41) is 0. The topological polar surface area (TPSA) is 6.48 Å². The van der Waals surface area contributed by atoms with Gasteiger partial charge in [-0.15, -0.1) is 0 Å². The second kappa shape index (κ2) is 28.8. The molecular weight excluding hydrogens is 1420 g/mol. The highest BCUT2D eigenvalue weighted by atomic mass is 15.1. The van der Waals surface area contributed by atoms with E-state index in [-0.39, 0.29) is 10.8 Å². The van der Waals surface area contributed by atoms with Crippen LogP contribution in [0.2, 0.25) is 0 Å². The van der Waals surface area contributed by atoms with E-state index in [2.05, 4.69) is 486 Å². The van der Waals surface area contributed by atoms with Gasteiger partial charge < -0.3 is 9.80 Å². The molecule has 2 spiro atoms. The van der Waals surface area contributed by atoms with Crippen LogP contribution in [-0.4, -0.2) is 0 Å². The van der Waals surface area contributed by atoms with Crippen molar-refractivity contribution < 1.29 is 0 Å². The van der Waals surface area contributed by atoms with Crippen molar-refractivity contribution in [3.63, 3.8) is 0 Å². The summed E-state index contributed by atoms with van der Waals surface area (Å²) >= 11 is 0. The van der Waals surface area contributed by atoms with Crippen LogP contribution in [0.4, 0.5) is 34.1 Å². The van der Waals surface area contributed by atoms with Crippen LogP contribution in [0, 0.1) is 0 Å². The van der Waals surface area contributed by atoms with Crippen molar-refractivity contribution in [1.29, 1.82) is 0 Å². The fourth-order valence-electron chi connectivity index (χ4n) is 20.6. The summed E-state index contributed by atoms with van der Waals surface area (Å²) < 4.78 is 0. The summed E-state index contributed by atoms with van der Waals surface area (Å²) in [5.74, 6) is 0. The lowest BCUT2D eigenvalue weighted by Crippen LogP contribution is -2.40. The molecule has 0 aromatic heterocycles. The lowest BCUT2D eigenvalue weighted by molar-refractivity contribution is 0.563. The molecule has 4 aliphatic rings. The molecule has 2 heteroatoms. The van der Waals surface area contributed by atoms with Gasteiger partial charge in [0.05, 0.1) is 16.5 Å². The van der Waals surface area contributed by atoms with Crippen molar-refractivity contribution in [3.8, 4) is 89.0 Å². The van der Waals surface area contributed by atoms with E-state index in [0.29, 0.717) is 0 Å². The van der Waals surface area contributed by atoms with Gasteiger partial charge in [0.2, 0.25) is 0 Å². The average Bonchev–Trinajstić information content (AvgIpc) is 1.61. The van der Waals surface area contributed by atoms with Gasteiger partial charge in [0, 0.05) is 44.8 Å². The van der Waals surface area contributed by atoms with Crippen molar-refractivity contribution >= 4 is 34.1 Å². The Morgan fingerprint density at radius 1 is 0.153 bits per heavy atom. The molecule has 18 aromatic rings. The maximum atomic E-state index is 2.40. The van der Waals surface area contributed by atoms with E-state index >= 15 is 0 Å². The van der Waals surface area contributed by atoms with E-state index in [1.54, 1.807) is 0 Å². The molecule has 2 nitrogen and oxygen atoms in total. The molecule has 0 bridgehead atoms. The zero-order chi connectivity index (χ0) is 79.1. The summed E-state index contributed by atoms with van der Waals surface area (Å²) in [7, 11) is 0. The number of nitrogens with zero attached hydrogens (tertiary/aromatic N) is 2. The first-order chi connectivity index (χ1) is 58.1. The SMILES string of the molecule is CC1(C)c2ccccc2C2(c3ccccc3-c3c(-c4ccc(N(c5ccc(-c6ccccc6)cc5)c5cccc(-c6ccccc6)c5)cc4)cccc32)c2ccccc21.CC1(C)c2ccccc2C2(c3ccccc3-c3c(-c4ccc(N(c5ccc(-c6ccccc6)cc5)c5ccccc5-c5ccccc5)cc4)cccc32)c2ccccc21. The maximum absolute atomic E-state index is 2.40. The highest BCUT2D eigenvalue weighted by Gasteiger charge is 2.55. The van der Waals surface area contributed by atoms with Gasteiger partial charge >= 0.3 is 0 Å². The molecule has 0 heterocycles. The first kappa shape index (κ1) is 71.3. The van der Waals surface area contributed by atoms with E-state index in [4.69, 9.17) is 0 Å². The van der Waals surface area contributed by atoms with Gasteiger partial charge in [-0.1, -0.05) is 410 Å². The Morgan fingerprint density at radius 3 is 0.780 bits per heavy atom. The average molecular weight is 1510 g/mol. The first-order valence-corrected chi connectivity index (χ1v) is 41.4. The lowest BCUT2D eigenvalue weighted by atomic mass is 9.55. The molecule has 118 heavy (non-hydrogen) atoms. The summed E-state index contributed by atoms with van der Waals surface area (Å²) in [6.45, 7) is 9.54. The molecule has 0 atom stereocenters. The molecule has 18 aromatic carbocycles. The highest BCUT2D eigenvalue weighted by Crippen LogP contribution is 2.66. The van der Waals surface area contributed by atoms with Crippen molar-refractivity contribution in [1.82, 2.24) is 0 Å². The van der Waals surface area contributed by atoms with Crippen LogP contribution in [0.25, 0.3) is 89.0 Å². The van der Waals surface area contributed by atoms with E-state index in [1.807, 2.05) is 0 Å². The lowest BCUT2D eigenvalue weighted by Gasteiger charge is -2.46. The molecule has 0 amide bonds. The number of para-hydroxylation sites is 1. The van der Waals surface area contributed by atoms with Crippen LogP contribution in [0.3, 0.4) is 0 Å². The molecule has 0 N–H and O–H groups in total. The molecular formula is C116H86N2. The van der Waals surface area contributed by atoms with Crippen LogP contribution in [0.15, 0.2) is 449 Å². The fraction of sp³-hybridized carbons (Fsp3) is 0.0690. The summed E-state index contributed by atoms with van der Waals surface area (Å²) in [5.41, 5.74) is 41.8. The number of rotatable bonds is 12. The molecule has 0 fully saturated rings. The number of fused-ring (bicyclic) bond motifs is 18. The molecule has 560 valence electrons. The molecule has 0 aliphatic heterocycles. The molecule has 0 unspecified atom stereocenters. The third kappa shape index (κ3) is 11.4. The third-order valence-corrected chi connectivity index (χ3v) is 25.9. The van der Waals surface area contributed by atoms with Crippen molar-refractivity contribution in [2.75, 3.05) is 9.80 Å². The Bertz CT molecular complexity index is 6720. The standard InChI is InChI=1S/2C58H43N/c1-57(2)50-26-12-14-28-52(50)58(53-29-15-13-27-51(53)57)49-25-11-9-23-48(49)56-47(24-17-30-54(56)58)43-34-38-45(39-35-43)59(44-36-32-41(33-37-44)40-18-5-3-6-19-40)55-31-16-10-22-46(55)42-20-7-4-8-21-42;1-57(2)51-26-11-13-28-53(51)58(54-29-14-12-27-52(54)57)50-25-10-9-23-49(50)56-48(24-16-30-55(56)58)43-33-37-46(38-34-43)59(45-35-31-42(32-36-45)40-17-5-3-6-18-40)47-22-15-21-44(39-47)41-19-7-4-8-20-41/h2*3-39H,1-2H3. The summed E-state index contributed by atoms with van der Waals surface area (Å²) in [4.78, 5) is 4.78. The van der Waals surface area contributed by atoms with E-state index in [1.165, 1.54) is 156 Å². The zero-order valence-electron chi connectivity index (χ0n) is 66.6. The zero-order valence-corrected chi connectivity index (χ0v) is 66.6. The minimum atomic E-state index is -0.422. The van der Waals surface area contributed by atoms with Gasteiger partial charge in [0.1, 0.15) is 0 Å². The Hall–Kier alpha value is -14.4. The van der Waals surface area contributed by atoms with Crippen LogP contribution in [-0.2, 0) is 21.7 Å². The second-order valence-corrected chi connectivity index (χ2v) is 32.9. The number of anilines is 6. The van der Waals surface area contributed by atoms with Crippen LogP contribution >= 0.6 is 0 Å². The van der Waals surface area contributed by atoms with E-state index in [9.17, 15) is 0 Å². The Balaban J connectivity index is 0.000000147. The molecule has 4 aliphatic carbocycles.